The third-order valence-electron chi connectivity index (χ3n) is 2.89. The highest BCUT2D eigenvalue weighted by Gasteiger charge is 2.32. The van der Waals surface area contributed by atoms with Crippen LogP contribution in [0, 0.1) is 0 Å². The van der Waals surface area contributed by atoms with E-state index >= 15 is 0 Å². The van der Waals surface area contributed by atoms with E-state index in [1.807, 2.05) is 20.9 Å². The number of nitrogens with zero attached hydrogens (tertiary/aromatic N) is 1. The second-order valence-corrected chi connectivity index (χ2v) is 5.45. The van der Waals surface area contributed by atoms with Crippen LogP contribution in [-0.2, 0) is 0 Å². The zero-order valence-corrected chi connectivity index (χ0v) is 10.1. The Bertz CT molecular complexity index is 195. The van der Waals surface area contributed by atoms with Gasteiger partial charge in [-0.05, 0) is 40.3 Å². The lowest BCUT2D eigenvalue weighted by molar-refractivity contribution is 0.0148. The fraction of sp³-hybridized carbons (Fsp3) is 1.00. The van der Waals surface area contributed by atoms with Crippen LogP contribution in [0.4, 0.5) is 0 Å². The van der Waals surface area contributed by atoms with Gasteiger partial charge in [-0.15, -0.1) is 0 Å². The fourth-order valence-corrected chi connectivity index (χ4v) is 1.91. The molecule has 0 radical (unpaired) electrons. The molecule has 1 saturated heterocycles. The first-order chi connectivity index (χ1) is 6.81. The summed E-state index contributed by atoms with van der Waals surface area (Å²) in [6.45, 7) is 6.69. The van der Waals surface area contributed by atoms with Crippen LogP contribution in [0.25, 0.3) is 0 Å². The van der Waals surface area contributed by atoms with Crippen LogP contribution >= 0.6 is 0 Å². The predicted molar refractivity (Wildman–Crippen MR) is 60.8 cm³/mol. The maximum Gasteiger partial charge on any atom is 0.0909 e. The van der Waals surface area contributed by atoms with Crippen molar-refractivity contribution in [2.75, 3.05) is 33.2 Å². The van der Waals surface area contributed by atoms with Crippen molar-refractivity contribution < 1.29 is 10.2 Å². The molecule has 3 N–H and O–H groups in total. The zero-order chi connectivity index (χ0) is 11.5. The van der Waals surface area contributed by atoms with E-state index in [0.717, 1.165) is 25.9 Å². The zero-order valence-electron chi connectivity index (χ0n) is 10.1. The smallest absolute Gasteiger partial charge is 0.0909 e. The Hall–Kier alpha value is -0.160. The standard InChI is InChI=1S/C11H24N2O2/c1-10(2,14)5-7-13(3)9-11(15)4-6-12-8-11/h12,14-15H,4-9H2,1-3H3. The van der Waals surface area contributed by atoms with Crippen LogP contribution in [0.1, 0.15) is 26.7 Å². The van der Waals surface area contributed by atoms with Gasteiger partial charge in [-0.2, -0.15) is 0 Å². The molecule has 1 aliphatic heterocycles. The molecule has 15 heavy (non-hydrogen) atoms. The molecule has 1 rings (SSSR count). The van der Waals surface area contributed by atoms with Gasteiger partial charge in [0.1, 0.15) is 0 Å². The lowest BCUT2D eigenvalue weighted by Gasteiger charge is -2.29. The van der Waals surface area contributed by atoms with Crippen molar-refractivity contribution in [3.05, 3.63) is 0 Å². The Balaban J connectivity index is 2.26. The first-order valence-electron chi connectivity index (χ1n) is 5.65. The summed E-state index contributed by atoms with van der Waals surface area (Å²) in [5.74, 6) is 0. The van der Waals surface area contributed by atoms with E-state index in [4.69, 9.17) is 0 Å². The van der Waals surface area contributed by atoms with Gasteiger partial charge in [0, 0.05) is 19.6 Å². The summed E-state index contributed by atoms with van der Waals surface area (Å²) >= 11 is 0. The molecular weight excluding hydrogens is 192 g/mol. The summed E-state index contributed by atoms with van der Waals surface area (Å²) in [7, 11) is 1.99. The first-order valence-corrected chi connectivity index (χ1v) is 5.65. The molecule has 0 aromatic heterocycles. The third-order valence-corrected chi connectivity index (χ3v) is 2.89. The quantitative estimate of drug-likeness (QED) is 0.596. The van der Waals surface area contributed by atoms with Gasteiger partial charge < -0.3 is 20.4 Å². The Morgan fingerprint density at radius 2 is 2.13 bits per heavy atom. The number of likely N-dealkylation sites (N-methyl/N-ethyl adjacent to an activating group) is 1. The molecule has 1 heterocycles. The normalized spacial score (nSPS) is 27.6. The van der Waals surface area contributed by atoms with Gasteiger partial charge in [-0.1, -0.05) is 0 Å². The largest absolute Gasteiger partial charge is 0.390 e. The summed E-state index contributed by atoms with van der Waals surface area (Å²) in [6, 6.07) is 0. The molecule has 1 unspecified atom stereocenters. The molecule has 0 spiro atoms. The van der Waals surface area contributed by atoms with Crippen molar-refractivity contribution in [3.63, 3.8) is 0 Å². The van der Waals surface area contributed by atoms with Crippen molar-refractivity contribution in [3.8, 4) is 0 Å². The van der Waals surface area contributed by atoms with E-state index in [-0.39, 0.29) is 0 Å². The van der Waals surface area contributed by atoms with Gasteiger partial charge in [0.15, 0.2) is 0 Å². The van der Waals surface area contributed by atoms with E-state index in [0.29, 0.717) is 13.1 Å². The van der Waals surface area contributed by atoms with Crippen molar-refractivity contribution in [1.29, 1.82) is 0 Å². The maximum atomic E-state index is 10.1. The molecular formula is C11H24N2O2. The molecule has 0 aromatic carbocycles. The highest BCUT2D eigenvalue weighted by molar-refractivity contribution is 4.90. The number of β-amino-alcohol motifs (C(OH)–C–C–N with tert-alkyl or cyclic N) is 1. The highest BCUT2D eigenvalue weighted by Crippen LogP contribution is 2.16. The predicted octanol–water partition coefficient (Wildman–Crippen LogP) is -0.196. The lowest BCUT2D eigenvalue weighted by atomic mass is 10.0. The van der Waals surface area contributed by atoms with Crippen molar-refractivity contribution in [1.82, 2.24) is 10.2 Å². The Kier molecular flexibility index (Phi) is 4.12. The second kappa shape index (κ2) is 4.78. The minimum Gasteiger partial charge on any atom is -0.390 e. The maximum absolute atomic E-state index is 10.1. The fourth-order valence-electron chi connectivity index (χ4n) is 1.91. The van der Waals surface area contributed by atoms with Crippen LogP contribution in [0.5, 0.6) is 0 Å². The van der Waals surface area contributed by atoms with Gasteiger partial charge >= 0.3 is 0 Å². The monoisotopic (exact) mass is 216 g/mol. The molecule has 0 bridgehead atoms. The Morgan fingerprint density at radius 3 is 2.60 bits per heavy atom. The van der Waals surface area contributed by atoms with Crippen LogP contribution in [0.15, 0.2) is 0 Å². The molecule has 0 aliphatic carbocycles. The average Bonchev–Trinajstić information content (AvgIpc) is 2.47. The topological polar surface area (TPSA) is 55.7 Å². The van der Waals surface area contributed by atoms with Crippen molar-refractivity contribution in [2.24, 2.45) is 0 Å². The van der Waals surface area contributed by atoms with Crippen LogP contribution < -0.4 is 5.32 Å². The second-order valence-electron chi connectivity index (χ2n) is 5.45. The average molecular weight is 216 g/mol. The van der Waals surface area contributed by atoms with Crippen LogP contribution in [0.3, 0.4) is 0 Å². The molecule has 1 atom stereocenters. The van der Waals surface area contributed by atoms with Gasteiger partial charge in [0.25, 0.3) is 0 Å². The summed E-state index contributed by atoms with van der Waals surface area (Å²) in [4.78, 5) is 2.09. The minimum absolute atomic E-state index is 0.575. The number of rotatable bonds is 5. The molecule has 1 fully saturated rings. The summed E-state index contributed by atoms with van der Waals surface area (Å²) in [5.41, 5.74) is -1.20. The molecule has 0 amide bonds. The Morgan fingerprint density at radius 1 is 1.47 bits per heavy atom. The van der Waals surface area contributed by atoms with Gasteiger partial charge in [0.2, 0.25) is 0 Å². The SMILES string of the molecule is CN(CCC(C)(C)O)CC1(O)CCNC1. The van der Waals surface area contributed by atoms with E-state index in [1.165, 1.54) is 0 Å². The van der Waals surface area contributed by atoms with Crippen LogP contribution in [-0.4, -0.2) is 59.5 Å². The van der Waals surface area contributed by atoms with Gasteiger partial charge in [-0.25, -0.2) is 0 Å². The minimum atomic E-state index is -0.620. The molecule has 1 aliphatic rings. The van der Waals surface area contributed by atoms with Gasteiger partial charge in [0.05, 0.1) is 11.2 Å². The van der Waals surface area contributed by atoms with Crippen molar-refractivity contribution >= 4 is 0 Å². The molecule has 4 nitrogen and oxygen atoms in total. The molecule has 90 valence electrons. The van der Waals surface area contributed by atoms with E-state index in [9.17, 15) is 10.2 Å². The third kappa shape index (κ3) is 4.93. The molecule has 0 aromatic rings. The summed E-state index contributed by atoms with van der Waals surface area (Å²) in [6.07, 6.45) is 1.55. The highest BCUT2D eigenvalue weighted by atomic mass is 16.3. The van der Waals surface area contributed by atoms with E-state index in [2.05, 4.69) is 10.2 Å². The number of hydrogen-bond acceptors (Lipinski definition) is 4. The molecule has 4 heteroatoms. The summed E-state index contributed by atoms with van der Waals surface area (Å²) < 4.78 is 0. The number of aliphatic hydroxyl groups is 2. The Labute approximate surface area is 92.3 Å². The summed E-state index contributed by atoms with van der Waals surface area (Å²) in [5, 5.41) is 22.9. The molecule has 0 saturated carbocycles. The number of nitrogens with one attached hydrogen (secondary N) is 1. The number of hydrogen-bond donors (Lipinski definition) is 3. The lowest BCUT2D eigenvalue weighted by Crippen LogP contribution is -2.44. The first kappa shape index (κ1) is 12.9. The van der Waals surface area contributed by atoms with E-state index < -0.39 is 11.2 Å². The van der Waals surface area contributed by atoms with Crippen LogP contribution in [0.2, 0.25) is 0 Å². The van der Waals surface area contributed by atoms with Crippen molar-refractivity contribution in [2.45, 2.75) is 37.9 Å². The van der Waals surface area contributed by atoms with Gasteiger partial charge in [-0.3, -0.25) is 0 Å². The van der Waals surface area contributed by atoms with E-state index in [1.54, 1.807) is 0 Å².